The number of benzene rings is 2. The van der Waals surface area contributed by atoms with Crippen molar-refractivity contribution in [3.8, 4) is 17.2 Å². The second-order valence-corrected chi connectivity index (χ2v) is 11.0. The van der Waals surface area contributed by atoms with E-state index in [0.29, 0.717) is 23.5 Å². The third-order valence-electron chi connectivity index (χ3n) is 9.15. The van der Waals surface area contributed by atoms with E-state index in [4.69, 9.17) is 15.2 Å². The molecule has 8 nitrogen and oxygen atoms in total. The number of carbonyl (C=O) groups excluding carboxylic acids is 2. The highest BCUT2D eigenvalue weighted by Crippen LogP contribution is 2.61. The average Bonchev–Trinajstić information content (AvgIpc) is 3.20. The number of fused-ring (bicyclic) bond motifs is 5. The van der Waals surface area contributed by atoms with E-state index in [0.717, 1.165) is 38.5 Å². The van der Waals surface area contributed by atoms with Gasteiger partial charge < -0.3 is 30.7 Å². The first-order valence-corrected chi connectivity index (χ1v) is 13.2. The monoisotopic (exact) mass is 508 g/mol. The van der Waals surface area contributed by atoms with Gasteiger partial charge in [-0.1, -0.05) is 13.0 Å². The molecule has 198 valence electrons. The molecular weight excluding hydrogens is 472 g/mol. The molecule has 2 aromatic rings. The zero-order valence-corrected chi connectivity index (χ0v) is 21.5. The van der Waals surface area contributed by atoms with Crippen molar-refractivity contribution in [1.29, 1.82) is 0 Å². The lowest BCUT2D eigenvalue weighted by Crippen LogP contribution is -2.44. The lowest BCUT2D eigenvalue weighted by molar-refractivity contribution is -0.119. The van der Waals surface area contributed by atoms with Crippen LogP contribution in [0.25, 0.3) is 0 Å². The van der Waals surface area contributed by atoms with Crippen LogP contribution in [0.2, 0.25) is 0 Å². The number of primary amides is 1. The molecule has 3 unspecified atom stereocenters. The van der Waals surface area contributed by atoms with Gasteiger partial charge in [0.2, 0.25) is 5.91 Å². The summed E-state index contributed by atoms with van der Waals surface area (Å²) in [4.78, 5) is 24.3. The number of carbonyl (C=O) groups is 2. The second kappa shape index (κ2) is 9.89. The van der Waals surface area contributed by atoms with Gasteiger partial charge in [-0.25, -0.2) is 0 Å². The molecule has 8 heteroatoms. The van der Waals surface area contributed by atoms with E-state index in [1.165, 1.54) is 30.4 Å². The number of nitrogens with one attached hydrogen (secondary N) is 1. The predicted octanol–water partition coefficient (Wildman–Crippen LogP) is 4.48. The van der Waals surface area contributed by atoms with Crippen LogP contribution in [-0.4, -0.2) is 41.8 Å². The molecule has 3 aliphatic rings. The first-order chi connectivity index (χ1) is 17.7. The van der Waals surface area contributed by atoms with E-state index >= 15 is 0 Å². The normalized spacial score (nSPS) is 28.1. The number of aryl methyl sites for hydroxylation is 1. The van der Waals surface area contributed by atoms with Crippen molar-refractivity contribution in [1.82, 2.24) is 0 Å². The number of ether oxygens (including phenoxy) is 2. The lowest BCUT2D eigenvalue weighted by atomic mass is 9.55. The molecule has 5 N–H and O–H groups in total. The minimum absolute atomic E-state index is 0.0940. The van der Waals surface area contributed by atoms with Gasteiger partial charge in [0.05, 0.1) is 31.9 Å². The summed E-state index contributed by atoms with van der Waals surface area (Å²) in [5.41, 5.74) is 8.10. The van der Waals surface area contributed by atoms with Crippen LogP contribution in [0.4, 0.5) is 5.69 Å². The molecular formula is C29H36N2O6. The Morgan fingerprint density at radius 2 is 1.95 bits per heavy atom. The smallest absolute Gasteiger partial charge is 0.256 e. The Morgan fingerprint density at radius 1 is 1.14 bits per heavy atom. The topological polar surface area (TPSA) is 131 Å². The van der Waals surface area contributed by atoms with Gasteiger partial charge in [-0.05, 0) is 97.1 Å². The highest BCUT2D eigenvalue weighted by molar-refractivity contribution is 6.02. The highest BCUT2D eigenvalue weighted by atomic mass is 16.5. The number of nitrogens with two attached hydrogens (primary N) is 1. The fourth-order valence-corrected chi connectivity index (χ4v) is 7.38. The molecule has 0 spiro atoms. The summed E-state index contributed by atoms with van der Waals surface area (Å²) >= 11 is 0. The van der Waals surface area contributed by atoms with Crippen LogP contribution in [-0.2, 0) is 16.0 Å². The first kappa shape index (κ1) is 25.4. The zero-order chi connectivity index (χ0) is 26.3. The molecule has 0 radical (unpaired) electrons. The SMILES string of the molecule is COc1ccc(NC(=O)CCO[C@H]2CCC3C4CCc5cc(O)ccc5C4CC[C@@]32C)c(O)c1C(N)=O. The van der Waals surface area contributed by atoms with Crippen LogP contribution in [0.15, 0.2) is 30.3 Å². The summed E-state index contributed by atoms with van der Waals surface area (Å²) in [5, 5.41) is 23.0. The third kappa shape index (κ3) is 4.52. The Kier molecular flexibility index (Phi) is 6.79. The minimum atomic E-state index is -0.841. The molecule has 2 amide bonds. The van der Waals surface area contributed by atoms with Gasteiger partial charge in [0, 0.05) is 0 Å². The number of phenolic OH excluding ortho intramolecular Hbond substituents is 1. The summed E-state index contributed by atoms with van der Waals surface area (Å²) < 4.78 is 11.4. The summed E-state index contributed by atoms with van der Waals surface area (Å²) in [5.74, 6) is 0.707. The number of phenols is 2. The molecule has 3 aliphatic carbocycles. The minimum Gasteiger partial charge on any atom is -0.508 e. The fourth-order valence-electron chi connectivity index (χ4n) is 7.38. The average molecular weight is 509 g/mol. The molecule has 2 aromatic carbocycles. The number of hydrogen-bond acceptors (Lipinski definition) is 6. The number of amides is 2. The van der Waals surface area contributed by atoms with E-state index < -0.39 is 11.7 Å². The van der Waals surface area contributed by atoms with Crippen molar-refractivity contribution in [2.45, 2.75) is 63.9 Å². The summed E-state index contributed by atoms with van der Waals surface area (Å²) in [7, 11) is 1.37. The Bertz CT molecular complexity index is 1210. The molecule has 0 saturated heterocycles. The summed E-state index contributed by atoms with van der Waals surface area (Å²) in [6, 6.07) is 8.84. The van der Waals surface area contributed by atoms with Crippen molar-refractivity contribution < 1.29 is 29.3 Å². The van der Waals surface area contributed by atoms with Crippen molar-refractivity contribution >= 4 is 17.5 Å². The molecule has 37 heavy (non-hydrogen) atoms. The van der Waals surface area contributed by atoms with Gasteiger partial charge in [0.1, 0.15) is 17.1 Å². The lowest BCUT2D eigenvalue weighted by Gasteiger charge is -2.50. The molecule has 5 atom stereocenters. The van der Waals surface area contributed by atoms with Crippen LogP contribution < -0.4 is 15.8 Å². The molecule has 0 aliphatic heterocycles. The number of aromatic hydroxyl groups is 2. The van der Waals surface area contributed by atoms with E-state index in [-0.39, 0.29) is 47.5 Å². The van der Waals surface area contributed by atoms with Gasteiger partial charge in [-0.3, -0.25) is 9.59 Å². The van der Waals surface area contributed by atoms with Crippen LogP contribution in [0, 0.1) is 17.3 Å². The highest BCUT2D eigenvalue weighted by Gasteiger charge is 2.55. The van der Waals surface area contributed by atoms with E-state index in [1.54, 1.807) is 0 Å². The Balaban J connectivity index is 1.19. The molecule has 5 rings (SSSR count). The number of anilines is 1. The predicted molar refractivity (Wildman–Crippen MR) is 139 cm³/mol. The molecule has 0 heterocycles. The van der Waals surface area contributed by atoms with Crippen LogP contribution in [0.5, 0.6) is 17.2 Å². The van der Waals surface area contributed by atoms with E-state index in [1.807, 2.05) is 12.1 Å². The molecule has 2 fully saturated rings. The van der Waals surface area contributed by atoms with Gasteiger partial charge in [0.15, 0.2) is 5.75 Å². The van der Waals surface area contributed by atoms with Crippen molar-refractivity contribution in [2.24, 2.45) is 23.0 Å². The maximum absolute atomic E-state index is 12.6. The maximum Gasteiger partial charge on any atom is 0.256 e. The van der Waals surface area contributed by atoms with E-state index in [2.05, 4.69) is 18.3 Å². The number of rotatable bonds is 7. The van der Waals surface area contributed by atoms with Gasteiger partial charge >= 0.3 is 0 Å². The maximum atomic E-state index is 12.6. The Labute approximate surface area is 217 Å². The Morgan fingerprint density at radius 3 is 2.70 bits per heavy atom. The van der Waals surface area contributed by atoms with Crippen molar-refractivity contribution in [2.75, 3.05) is 19.0 Å². The van der Waals surface area contributed by atoms with Crippen molar-refractivity contribution in [3.63, 3.8) is 0 Å². The number of methoxy groups -OCH3 is 1. The van der Waals surface area contributed by atoms with Crippen LogP contribution in [0.1, 0.15) is 72.9 Å². The fraction of sp³-hybridized carbons (Fsp3) is 0.517. The summed E-state index contributed by atoms with van der Waals surface area (Å²) in [6.07, 6.45) is 6.75. The van der Waals surface area contributed by atoms with Gasteiger partial charge in [-0.2, -0.15) is 0 Å². The van der Waals surface area contributed by atoms with Gasteiger partial charge in [-0.15, -0.1) is 0 Å². The van der Waals surface area contributed by atoms with Crippen molar-refractivity contribution in [3.05, 3.63) is 47.0 Å². The van der Waals surface area contributed by atoms with Gasteiger partial charge in [0.25, 0.3) is 5.91 Å². The standard InChI is InChI=1S/C29H36N2O6/c1-29-13-11-19-18-6-4-17(32)15-16(18)3-5-20(19)21(29)7-10-24(29)37-14-12-25(33)31-22-8-9-23(36-2)26(27(22)34)28(30)35/h4,6,8-9,15,19-21,24,32,34H,3,5,7,10-14H2,1-2H3,(H2,30,35)(H,31,33)/t19?,20?,21?,24-,29-/m0/s1. The largest absolute Gasteiger partial charge is 0.508 e. The zero-order valence-electron chi connectivity index (χ0n) is 21.5. The molecule has 2 saturated carbocycles. The molecule has 0 bridgehead atoms. The second-order valence-electron chi connectivity index (χ2n) is 11.0. The third-order valence-corrected chi connectivity index (χ3v) is 9.15. The van der Waals surface area contributed by atoms with Crippen LogP contribution >= 0.6 is 0 Å². The first-order valence-electron chi connectivity index (χ1n) is 13.2. The molecule has 0 aromatic heterocycles. The Hall–Kier alpha value is -3.26. The number of hydrogen-bond donors (Lipinski definition) is 4. The van der Waals surface area contributed by atoms with Crippen LogP contribution in [0.3, 0.4) is 0 Å². The quantitative estimate of drug-likeness (QED) is 0.408. The van der Waals surface area contributed by atoms with E-state index in [9.17, 15) is 19.8 Å². The summed E-state index contributed by atoms with van der Waals surface area (Å²) in [6.45, 7) is 2.65.